The van der Waals surface area contributed by atoms with Crippen LogP contribution in [-0.2, 0) is 13.7 Å². The van der Waals surface area contributed by atoms with Crippen LogP contribution in [0.4, 0.5) is 5.69 Å². The Morgan fingerprint density at radius 3 is 2.86 bits per heavy atom. The van der Waals surface area contributed by atoms with Crippen molar-refractivity contribution in [3.8, 4) is 17.1 Å². The number of anilines is 1. The fourth-order valence-electron chi connectivity index (χ4n) is 2.78. The Bertz CT molecular complexity index is 1090. The third-order valence-electron chi connectivity index (χ3n) is 4.17. The standard InChI is InChI=1S/C21H18N4O2S/c1-25-9-8-22-20(25)15-4-2-6-17(10-15)24-21(26)16-5-3-7-19(11-16)27-12-18-13-28-14-23-18/h2-11,13-14H,12H2,1H3,(H,24,26). The van der Waals surface area contributed by atoms with Gasteiger partial charge in [-0.3, -0.25) is 4.79 Å². The molecule has 6 nitrogen and oxygen atoms in total. The highest BCUT2D eigenvalue weighted by molar-refractivity contribution is 7.07. The second kappa shape index (κ2) is 8.06. The molecule has 4 rings (SSSR count). The number of rotatable bonds is 6. The molecule has 2 heterocycles. The second-order valence-electron chi connectivity index (χ2n) is 6.19. The van der Waals surface area contributed by atoms with Crippen molar-refractivity contribution in [1.29, 1.82) is 0 Å². The van der Waals surface area contributed by atoms with Crippen molar-refractivity contribution < 1.29 is 9.53 Å². The summed E-state index contributed by atoms with van der Waals surface area (Å²) in [5.41, 5.74) is 4.80. The summed E-state index contributed by atoms with van der Waals surface area (Å²) in [6.07, 6.45) is 3.63. The van der Waals surface area contributed by atoms with Crippen LogP contribution in [0.25, 0.3) is 11.4 Å². The van der Waals surface area contributed by atoms with Gasteiger partial charge in [-0.15, -0.1) is 11.3 Å². The van der Waals surface area contributed by atoms with Gasteiger partial charge in [0.25, 0.3) is 5.91 Å². The van der Waals surface area contributed by atoms with E-state index in [9.17, 15) is 4.79 Å². The molecule has 140 valence electrons. The molecule has 0 aliphatic carbocycles. The summed E-state index contributed by atoms with van der Waals surface area (Å²) in [6, 6.07) is 14.7. The first kappa shape index (κ1) is 17.9. The highest BCUT2D eigenvalue weighted by Crippen LogP contribution is 2.22. The number of nitrogens with one attached hydrogen (secondary N) is 1. The van der Waals surface area contributed by atoms with E-state index in [1.165, 1.54) is 11.3 Å². The van der Waals surface area contributed by atoms with Gasteiger partial charge in [0.15, 0.2) is 0 Å². The van der Waals surface area contributed by atoms with E-state index in [2.05, 4.69) is 15.3 Å². The molecule has 0 bridgehead atoms. The Balaban J connectivity index is 1.46. The SMILES string of the molecule is Cn1ccnc1-c1cccc(NC(=O)c2cccc(OCc3cscn3)c2)c1. The number of carbonyl (C=O) groups excluding carboxylic acids is 1. The zero-order chi connectivity index (χ0) is 19.3. The van der Waals surface area contributed by atoms with Gasteiger partial charge in [-0.05, 0) is 30.3 Å². The lowest BCUT2D eigenvalue weighted by Crippen LogP contribution is -2.12. The van der Waals surface area contributed by atoms with E-state index in [1.807, 2.05) is 53.5 Å². The maximum atomic E-state index is 12.7. The number of aromatic nitrogens is 3. The zero-order valence-electron chi connectivity index (χ0n) is 15.2. The van der Waals surface area contributed by atoms with Gasteiger partial charge in [0, 0.05) is 41.6 Å². The average Bonchev–Trinajstić information content (AvgIpc) is 3.38. The molecule has 0 aliphatic rings. The maximum absolute atomic E-state index is 12.7. The normalized spacial score (nSPS) is 10.6. The van der Waals surface area contributed by atoms with Crippen molar-refractivity contribution in [2.75, 3.05) is 5.32 Å². The molecule has 7 heteroatoms. The van der Waals surface area contributed by atoms with Crippen LogP contribution in [0.2, 0.25) is 0 Å². The fourth-order valence-corrected chi connectivity index (χ4v) is 3.32. The monoisotopic (exact) mass is 390 g/mol. The zero-order valence-corrected chi connectivity index (χ0v) is 16.0. The Morgan fingerprint density at radius 1 is 1.18 bits per heavy atom. The third-order valence-corrected chi connectivity index (χ3v) is 4.80. The van der Waals surface area contributed by atoms with Gasteiger partial charge >= 0.3 is 0 Å². The number of hydrogen-bond donors (Lipinski definition) is 1. The second-order valence-corrected chi connectivity index (χ2v) is 6.91. The van der Waals surface area contributed by atoms with Crippen LogP contribution in [-0.4, -0.2) is 20.4 Å². The average molecular weight is 390 g/mol. The number of hydrogen-bond acceptors (Lipinski definition) is 5. The summed E-state index contributed by atoms with van der Waals surface area (Å²) >= 11 is 1.52. The first-order valence-corrected chi connectivity index (χ1v) is 9.62. The quantitative estimate of drug-likeness (QED) is 0.531. The third kappa shape index (κ3) is 4.10. The summed E-state index contributed by atoms with van der Waals surface area (Å²) in [4.78, 5) is 21.2. The predicted molar refractivity (Wildman–Crippen MR) is 109 cm³/mol. The van der Waals surface area contributed by atoms with Crippen molar-refractivity contribution >= 4 is 22.9 Å². The number of amides is 1. The molecule has 28 heavy (non-hydrogen) atoms. The fraction of sp³-hybridized carbons (Fsp3) is 0.0952. The molecule has 0 saturated carbocycles. The molecule has 0 fully saturated rings. The van der Waals surface area contributed by atoms with E-state index >= 15 is 0 Å². The van der Waals surface area contributed by atoms with E-state index in [4.69, 9.17) is 4.74 Å². The van der Waals surface area contributed by atoms with Gasteiger partial charge in [-0.1, -0.05) is 18.2 Å². The molecule has 2 aromatic heterocycles. The van der Waals surface area contributed by atoms with Gasteiger partial charge in [0.05, 0.1) is 11.2 Å². The number of benzene rings is 2. The molecule has 2 aromatic carbocycles. The lowest BCUT2D eigenvalue weighted by Gasteiger charge is -2.09. The smallest absolute Gasteiger partial charge is 0.255 e. The molecule has 0 saturated heterocycles. The highest BCUT2D eigenvalue weighted by atomic mass is 32.1. The van der Waals surface area contributed by atoms with Crippen LogP contribution in [0, 0.1) is 0 Å². The number of carbonyl (C=O) groups is 1. The molecule has 0 radical (unpaired) electrons. The van der Waals surface area contributed by atoms with E-state index in [0.29, 0.717) is 23.6 Å². The molecular formula is C21H18N4O2S. The lowest BCUT2D eigenvalue weighted by atomic mass is 10.1. The first-order valence-electron chi connectivity index (χ1n) is 8.68. The number of aryl methyl sites for hydroxylation is 1. The topological polar surface area (TPSA) is 69.0 Å². The molecule has 0 spiro atoms. The minimum absolute atomic E-state index is 0.198. The highest BCUT2D eigenvalue weighted by Gasteiger charge is 2.10. The predicted octanol–water partition coefficient (Wildman–Crippen LogP) is 4.37. The van der Waals surface area contributed by atoms with Crippen molar-refractivity contribution in [3.05, 3.63) is 83.1 Å². The Labute approximate surface area is 166 Å². The van der Waals surface area contributed by atoms with Gasteiger partial charge in [-0.25, -0.2) is 9.97 Å². The minimum atomic E-state index is -0.198. The maximum Gasteiger partial charge on any atom is 0.255 e. The van der Waals surface area contributed by atoms with Crippen LogP contribution >= 0.6 is 11.3 Å². The van der Waals surface area contributed by atoms with Crippen LogP contribution in [0.5, 0.6) is 5.75 Å². The van der Waals surface area contributed by atoms with Crippen LogP contribution in [0.3, 0.4) is 0 Å². The van der Waals surface area contributed by atoms with E-state index < -0.39 is 0 Å². The lowest BCUT2D eigenvalue weighted by molar-refractivity contribution is 0.102. The largest absolute Gasteiger partial charge is 0.487 e. The molecule has 0 aliphatic heterocycles. The number of thiazole rings is 1. The summed E-state index contributed by atoms with van der Waals surface area (Å²) < 4.78 is 7.66. The number of ether oxygens (including phenoxy) is 1. The van der Waals surface area contributed by atoms with Gasteiger partial charge in [-0.2, -0.15) is 0 Å². The molecular weight excluding hydrogens is 372 g/mol. The van der Waals surface area contributed by atoms with Crippen molar-refractivity contribution in [2.45, 2.75) is 6.61 Å². The van der Waals surface area contributed by atoms with Gasteiger partial charge in [0.2, 0.25) is 0 Å². The molecule has 0 unspecified atom stereocenters. The van der Waals surface area contributed by atoms with Crippen LogP contribution < -0.4 is 10.1 Å². The summed E-state index contributed by atoms with van der Waals surface area (Å²) in [5.74, 6) is 1.27. The molecule has 1 N–H and O–H groups in total. The minimum Gasteiger partial charge on any atom is -0.487 e. The summed E-state index contributed by atoms with van der Waals surface area (Å²) in [5, 5.41) is 4.87. The van der Waals surface area contributed by atoms with E-state index in [0.717, 1.165) is 17.1 Å². The molecule has 1 amide bonds. The van der Waals surface area contributed by atoms with E-state index in [-0.39, 0.29) is 5.91 Å². The summed E-state index contributed by atoms with van der Waals surface area (Å²) in [6.45, 7) is 0.375. The van der Waals surface area contributed by atoms with Crippen LogP contribution in [0.15, 0.2) is 71.8 Å². The summed E-state index contributed by atoms with van der Waals surface area (Å²) in [7, 11) is 1.94. The molecule has 0 atom stereocenters. The Kier molecular flexibility index (Phi) is 5.16. The Morgan fingerprint density at radius 2 is 2.07 bits per heavy atom. The van der Waals surface area contributed by atoms with Gasteiger partial charge < -0.3 is 14.6 Å². The van der Waals surface area contributed by atoms with E-state index in [1.54, 1.807) is 29.9 Å². The van der Waals surface area contributed by atoms with Crippen LogP contribution in [0.1, 0.15) is 16.1 Å². The Hall–Kier alpha value is -3.45. The molecule has 4 aromatic rings. The van der Waals surface area contributed by atoms with Crippen molar-refractivity contribution in [3.63, 3.8) is 0 Å². The van der Waals surface area contributed by atoms with Crippen molar-refractivity contribution in [1.82, 2.24) is 14.5 Å². The van der Waals surface area contributed by atoms with Crippen molar-refractivity contribution in [2.24, 2.45) is 7.05 Å². The number of imidazole rings is 1. The first-order chi connectivity index (χ1) is 13.7. The number of nitrogens with zero attached hydrogens (tertiary/aromatic N) is 3. The van der Waals surface area contributed by atoms with Gasteiger partial charge in [0.1, 0.15) is 18.2 Å².